The highest BCUT2D eigenvalue weighted by molar-refractivity contribution is 7.99. The summed E-state index contributed by atoms with van der Waals surface area (Å²) in [6.07, 6.45) is 6.66. The molecule has 2 rings (SSSR count). The predicted molar refractivity (Wildman–Crippen MR) is 78.2 cm³/mol. The van der Waals surface area contributed by atoms with Gasteiger partial charge < -0.3 is 5.32 Å². The van der Waals surface area contributed by atoms with Crippen LogP contribution in [0.1, 0.15) is 41.6 Å². The molecule has 2 atom stereocenters. The summed E-state index contributed by atoms with van der Waals surface area (Å²) >= 11 is 1.88. The van der Waals surface area contributed by atoms with Gasteiger partial charge in [0.1, 0.15) is 0 Å². The Morgan fingerprint density at radius 2 is 2.32 bits per heavy atom. The normalized spacial score (nSPS) is 22.5. The maximum Gasteiger partial charge on any atom is 0.251 e. The zero-order valence-electron chi connectivity index (χ0n) is 11.1. The van der Waals surface area contributed by atoms with Crippen LogP contribution in [0.5, 0.6) is 0 Å². The summed E-state index contributed by atoms with van der Waals surface area (Å²) in [7, 11) is 0. The Balaban J connectivity index is 1.98. The van der Waals surface area contributed by atoms with Crippen LogP contribution in [0.25, 0.3) is 0 Å². The van der Waals surface area contributed by atoms with Crippen LogP contribution in [0.15, 0.2) is 24.3 Å². The lowest BCUT2D eigenvalue weighted by molar-refractivity contribution is 0.0928. The Hall–Kier alpha value is -1.47. The Morgan fingerprint density at radius 1 is 1.47 bits per heavy atom. The van der Waals surface area contributed by atoms with Gasteiger partial charge in [0.15, 0.2) is 0 Å². The second-order valence-electron chi connectivity index (χ2n) is 4.89. The molecule has 0 bridgehead atoms. The summed E-state index contributed by atoms with van der Waals surface area (Å²) in [5, 5.41) is 12.6. The minimum atomic E-state index is -0.0659. The molecular formula is C15H18N2OS. The number of nitrogens with zero attached hydrogens (tertiary/aromatic N) is 1. The highest BCUT2D eigenvalue weighted by atomic mass is 32.2. The summed E-state index contributed by atoms with van der Waals surface area (Å²) in [5.74, 6) is -0.0659. The molecule has 0 aliphatic heterocycles. The molecule has 1 fully saturated rings. The third-order valence-electron chi connectivity index (χ3n) is 3.55. The highest BCUT2D eigenvalue weighted by Gasteiger charge is 2.22. The van der Waals surface area contributed by atoms with Crippen molar-refractivity contribution in [1.82, 2.24) is 5.32 Å². The molecule has 1 aromatic rings. The number of carbonyl (C=O) groups excluding carboxylic acids is 1. The fourth-order valence-electron chi connectivity index (χ4n) is 2.49. The number of rotatable bonds is 3. The molecule has 1 saturated carbocycles. The first-order valence-corrected chi connectivity index (χ1v) is 7.85. The zero-order chi connectivity index (χ0) is 13.7. The van der Waals surface area contributed by atoms with Gasteiger partial charge in [0, 0.05) is 16.9 Å². The van der Waals surface area contributed by atoms with Crippen LogP contribution in [-0.4, -0.2) is 23.5 Å². The number of amides is 1. The van der Waals surface area contributed by atoms with Crippen molar-refractivity contribution in [2.75, 3.05) is 6.26 Å². The molecule has 1 N–H and O–H groups in total. The van der Waals surface area contributed by atoms with E-state index in [1.54, 1.807) is 24.3 Å². The summed E-state index contributed by atoms with van der Waals surface area (Å²) in [6.45, 7) is 0. The van der Waals surface area contributed by atoms with E-state index in [-0.39, 0.29) is 11.9 Å². The summed E-state index contributed by atoms with van der Waals surface area (Å²) in [5.41, 5.74) is 1.10. The highest BCUT2D eigenvalue weighted by Crippen LogP contribution is 2.27. The molecule has 0 radical (unpaired) electrons. The van der Waals surface area contributed by atoms with Crippen molar-refractivity contribution in [1.29, 1.82) is 5.26 Å². The third kappa shape index (κ3) is 3.74. The monoisotopic (exact) mass is 274 g/mol. The fraction of sp³-hybridized carbons (Fsp3) is 0.467. The van der Waals surface area contributed by atoms with Crippen LogP contribution < -0.4 is 5.32 Å². The third-order valence-corrected chi connectivity index (χ3v) is 4.64. The topological polar surface area (TPSA) is 52.9 Å². The molecule has 4 heteroatoms. The van der Waals surface area contributed by atoms with Crippen molar-refractivity contribution in [2.24, 2.45) is 0 Å². The van der Waals surface area contributed by atoms with E-state index >= 15 is 0 Å². The number of carbonyl (C=O) groups is 1. The molecule has 2 unspecified atom stereocenters. The number of nitrogens with one attached hydrogen (secondary N) is 1. The largest absolute Gasteiger partial charge is 0.349 e. The van der Waals surface area contributed by atoms with Crippen molar-refractivity contribution in [3.8, 4) is 6.07 Å². The lowest BCUT2D eigenvalue weighted by atomic mass is 9.94. The molecule has 1 amide bonds. The van der Waals surface area contributed by atoms with Crippen LogP contribution in [0.2, 0.25) is 0 Å². The van der Waals surface area contributed by atoms with Gasteiger partial charge in [0.25, 0.3) is 5.91 Å². The number of benzene rings is 1. The molecule has 1 aromatic carbocycles. The first kappa shape index (κ1) is 14.0. The number of nitriles is 1. The van der Waals surface area contributed by atoms with Gasteiger partial charge in [-0.1, -0.05) is 12.5 Å². The van der Waals surface area contributed by atoms with E-state index in [2.05, 4.69) is 17.6 Å². The second kappa shape index (κ2) is 6.63. The Kier molecular flexibility index (Phi) is 4.86. The average molecular weight is 274 g/mol. The maximum absolute atomic E-state index is 12.1. The standard InChI is InChI=1S/C15H18N2OS/c1-19-14-7-3-6-13(9-14)17-15(18)12-5-2-4-11(8-12)10-16/h2,4-5,8,13-14H,3,6-7,9H2,1H3,(H,17,18). The van der Waals surface area contributed by atoms with Crippen molar-refractivity contribution >= 4 is 17.7 Å². The van der Waals surface area contributed by atoms with Crippen LogP contribution in [0, 0.1) is 11.3 Å². The summed E-state index contributed by atoms with van der Waals surface area (Å²) in [6, 6.07) is 9.18. The van der Waals surface area contributed by atoms with Crippen molar-refractivity contribution in [3.05, 3.63) is 35.4 Å². The number of hydrogen-bond donors (Lipinski definition) is 1. The molecule has 3 nitrogen and oxygen atoms in total. The van der Waals surface area contributed by atoms with Gasteiger partial charge in [-0.15, -0.1) is 0 Å². The van der Waals surface area contributed by atoms with Crippen LogP contribution in [-0.2, 0) is 0 Å². The van der Waals surface area contributed by atoms with Crippen molar-refractivity contribution in [2.45, 2.75) is 37.0 Å². The Morgan fingerprint density at radius 3 is 3.05 bits per heavy atom. The first-order valence-electron chi connectivity index (χ1n) is 6.56. The van der Waals surface area contributed by atoms with Gasteiger partial charge >= 0.3 is 0 Å². The molecule has 0 heterocycles. The van der Waals surface area contributed by atoms with Gasteiger partial charge in [0.2, 0.25) is 0 Å². The number of thioether (sulfide) groups is 1. The lowest BCUT2D eigenvalue weighted by Crippen LogP contribution is -2.39. The Bertz CT molecular complexity index is 495. The van der Waals surface area contributed by atoms with Gasteiger partial charge in [-0.05, 0) is 43.7 Å². The van der Waals surface area contributed by atoms with E-state index in [1.807, 2.05) is 11.8 Å². The molecule has 0 aromatic heterocycles. The smallest absolute Gasteiger partial charge is 0.251 e. The zero-order valence-corrected chi connectivity index (χ0v) is 11.9. The van der Waals surface area contributed by atoms with Gasteiger partial charge in [-0.25, -0.2) is 0 Å². The molecule has 1 aliphatic rings. The first-order chi connectivity index (χ1) is 9.22. The quantitative estimate of drug-likeness (QED) is 0.922. The van der Waals surface area contributed by atoms with Crippen molar-refractivity contribution in [3.63, 3.8) is 0 Å². The van der Waals surface area contributed by atoms with Gasteiger partial charge in [-0.2, -0.15) is 17.0 Å². The molecular weight excluding hydrogens is 256 g/mol. The molecule has 0 spiro atoms. The number of hydrogen-bond acceptors (Lipinski definition) is 3. The molecule has 1 aliphatic carbocycles. The second-order valence-corrected chi connectivity index (χ2v) is 6.03. The predicted octanol–water partition coefficient (Wildman–Crippen LogP) is 2.96. The SMILES string of the molecule is CSC1CCCC(NC(=O)c2cccc(C#N)c2)C1. The van der Waals surface area contributed by atoms with E-state index in [9.17, 15) is 4.79 Å². The van der Waals surface area contributed by atoms with Crippen LogP contribution in [0.4, 0.5) is 0 Å². The maximum atomic E-state index is 12.1. The molecule has 100 valence electrons. The Labute approximate surface area is 118 Å². The van der Waals surface area contributed by atoms with Gasteiger partial charge in [0.05, 0.1) is 11.6 Å². The molecule has 0 saturated heterocycles. The fourth-order valence-corrected chi connectivity index (χ4v) is 3.32. The van der Waals surface area contributed by atoms with Crippen LogP contribution in [0.3, 0.4) is 0 Å². The van der Waals surface area contributed by atoms with E-state index in [4.69, 9.17) is 5.26 Å². The summed E-state index contributed by atoms with van der Waals surface area (Å²) < 4.78 is 0. The lowest BCUT2D eigenvalue weighted by Gasteiger charge is -2.28. The summed E-state index contributed by atoms with van der Waals surface area (Å²) in [4.78, 5) is 12.1. The average Bonchev–Trinajstić information content (AvgIpc) is 2.47. The van der Waals surface area contributed by atoms with Crippen molar-refractivity contribution < 1.29 is 4.79 Å². The van der Waals surface area contributed by atoms with E-state index < -0.39 is 0 Å². The van der Waals surface area contributed by atoms with E-state index in [0.717, 1.165) is 12.8 Å². The van der Waals surface area contributed by atoms with E-state index in [0.29, 0.717) is 16.4 Å². The molecule has 19 heavy (non-hydrogen) atoms. The minimum Gasteiger partial charge on any atom is -0.349 e. The minimum absolute atomic E-state index is 0.0659. The van der Waals surface area contributed by atoms with E-state index in [1.165, 1.54) is 12.8 Å². The van der Waals surface area contributed by atoms with Crippen LogP contribution >= 0.6 is 11.8 Å². The van der Waals surface area contributed by atoms with Gasteiger partial charge in [-0.3, -0.25) is 4.79 Å².